The minimum Gasteiger partial charge on any atom is -0.447 e. The van der Waals surface area contributed by atoms with Crippen molar-refractivity contribution >= 4 is 29.4 Å². The van der Waals surface area contributed by atoms with Crippen molar-refractivity contribution in [1.82, 2.24) is 9.80 Å². The number of amides is 4. The summed E-state index contributed by atoms with van der Waals surface area (Å²) in [6.45, 7) is 4.61. The van der Waals surface area contributed by atoms with Gasteiger partial charge in [-0.05, 0) is 18.6 Å². The van der Waals surface area contributed by atoms with E-state index in [9.17, 15) is 14.4 Å². The standard InChI is InChI=1S/C17H22N4O4/c1-13(22)19-7-4-8-20(10-9-19)16(23)18-14-5-2-3-6-15(14)21-11-12-25-17(21)24/h2-3,5-6H,4,7-12H2,1H3,(H,18,23). The number of urea groups is 1. The molecule has 1 aromatic rings. The molecule has 0 aliphatic carbocycles. The lowest BCUT2D eigenvalue weighted by Gasteiger charge is -2.23. The molecule has 2 saturated heterocycles. The van der Waals surface area contributed by atoms with E-state index in [4.69, 9.17) is 4.74 Å². The normalized spacial score (nSPS) is 18.0. The van der Waals surface area contributed by atoms with E-state index in [1.165, 1.54) is 4.90 Å². The van der Waals surface area contributed by atoms with E-state index in [2.05, 4.69) is 5.32 Å². The Bertz CT molecular complexity index is 678. The number of ether oxygens (including phenoxy) is 1. The summed E-state index contributed by atoms with van der Waals surface area (Å²) in [5.74, 6) is 0.0279. The summed E-state index contributed by atoms with van der Waals surface area (Å²) in [7, 11) is 0. The number of carbonyl (C=O) groups excluding carboxylic acids is 3. The molecule has 2 aliphatic rings. The van der Waals surface area contributed by atoms with Gasteiger partial charge in [-0.1, -0.05) is 12.1 Å². The fourth-order valence-corrected chi connectivity index (χ4v) is 3.06. The van der Waals surface area contributed by atoms with Crippen molar-refractivity contribution in [3.8, 4) is 0 Å². The topological polar surface area (TPSA) is 82.2 Å². The number of hydrogen-bond donors (Lipinski definition) is 1. The summed E-state index contributed by atoms with van der Waals surface area (Å²) in [6, 6.07) is 6.93. The maximum atomic E-state index is 12.6. The van der Waals surface area contributed by atoms with Gasteiger partial charge in [0.1, 0.15) is 6.61 Å². The van der Waals surface area contributed by atoms with Crippen LogP contribution in [0.3, 0.4) is 0 Å². The Morgan fingerprint density at radius 1 is 1.04 bits per heavy atom. The lowest BCUT2D eigenvalue weighted by molar-refractivity contribution is -0.128. The Balaban J connectivity index is 1.69. The van der Waals surface area contributed by atoms with E-state index in [1.54, 1.807) is 34.9 Å². The molecule has 0 unspecified atom stereocenters. The van der Waals surface area contributed by atoms with Crippen LogP contribution in [0.5, 0.6) is 0 Å². The molecular formula is C17H22N4O4. The Labute approximate surface area is 146 Å². The van der Waals surface area contributed by atoms with Gasteiger partial charge in [0.2, 0.25) is 5.91 Å². The van der Waals surface area contributed by atoms with Gasteiger partial charge in [0.25, 0.3) is 0 Å². The smallest absolute Gasteiger partial charge is 0.414 e. The summed E-state index contributed by atoms with van der Waals surface area (Å²) < 4.78 is 4.97. The molecule has 8 heteroatoms. The van der Waals surface area contributed by atoms with Crippen LogP contribution in [-0.2, 0) is 9.53 Å². The van der Waals surface area contributed by atoms with Crippen LogP contribution >= 0.6 is 0 Å². The highest BCUT2D eigenvalue weighted by Gasteiger charge is 2.27. The predicted molar refractivity (Wildman–Crippen MR) is 92.6 cm³/mol. The van der Waals surface area contributed by atoms with Crippen LogP contribution in [0.2, 0.25) is 0 Å². The van der Waals surface area contributed by atoms with E-state index >= 15 is 0 Å². The van der Waals surface area contributed by atoms with Gasteiger partial charge in [0, 0.05) is 33.1 Å². The summed E-state index contributed by atoms with van der Waals surface area (Å²) >= 11 is 0. The van der Waals surface area contributed by atoms with Crippen LogP contribution in [-0.4, -0.2) is 67.2 Å². The Morgan fingerprint density at radius 2 is 1.76 bits per heavy atom. The Morgan fingerprint density at radius 3 is 2.48 bits per heavy atom. The van der Waals surface area contributed by atoms with E-state index < -0.39 is 6.09 Å². The molecule has 2 fully saturated rings. The van der Waals surface area contributed by atoms with Gasteiger partial charge in [0.05, 0.1) is 17.9 Å². The molecule has 0 spiro atoms. The molecule has 0 aromatic heterocycles. The summed E-state index contributed by atoms with van der Waals surface area (Å²) in [5, 5.41) is 2.88. The van der Waals surface area contributed by atoms with E-state index in [-0.39, 0.29) is 11.9 Å². The monoisotopic (exact) mass is 346 g/mol. The molecule has 3 rings (SSSR count). The second kappa shape index (κ2) is 7.42. The van der Waals surface area contributed by atoms with Crippen molar-refractivity contribution in [2.45, 2.75) is 13.3 Å². The van der Waals surface area contributed by atoms with Crippen LogP contribution in [0.4, 0.5) is 21.0 Å². The first-order valence-corrected chi connectivity index (χ1v) is 8.41. The third-order valence-electron chi connectivity index (χ3n) is 4.43. The number of benzene rings is 1. The second-order valence-electron chi connectivity index (χ2n) is 6.06. The largest absolute Gasteiger partial charge is 0.447 e. The molecule has 2 heterocycles. The highest BCUT2D eigenvalue weighted by molar-refractivity contribution is 5.99. The number of rotatable bonds is 2. The maximum Gasteiger partial charge on any atom is 0.414 e. The molecular weight excluding hydrogens is 324 g/mol. The van der Waals surface area contributed by atoms with Crippen molar-refractivity contribution in [3.05, 3.63) is 24.3 Å². The average molecular weight is 346 g/mol. The number of nitrogens with one attached hydrogen (secondary N) is 1. The molecule has 1 aromatic carbocycles. The number of carbonyl (C=O) groups is 3. The first-order valence-electron chi connectivity index (χ1n) is 8.41. The molecule has 4 amide bonds. The van der Waals surface area contributed by atoms with Crippen molar-refractivity contribution in [3.63, 3.8) is 0 Å². The van der Waals surface area contributed by atoms with Crippen LogP contribution < -0.4 is 10.2 Å². The number of anilines is 2. The van der Waals surface area contributed by atoms with Crippen LogP contribution in [0, 0.1) is 0 Å². The first kappa shape index (κ1) is 17.1. The van der Waals surface area contributed by atoms with Gasteiger partial charge >= 0.3 is 12.1 Å². The number of para-hydroxylation sites is 2. The highest BCUT2D eigenvalue weighted by Crippen LogP contribution is 2.28. The Hall–Kier alpha value is -2.77. The fraction of sp³-hybridized carbons (Fsp3) is 0.471. The zero-order valence-electron chi connectivity index (χ0n) is 14.2. The van der Waals surface area contributed by atoms with Crippen molar-refractivity contribution in [2.75, 3.05) is 49.5 Å². The maximum absolute atomic E-state index is 12.6. The average Bonchev–Trinajstić information content (AvgIpc) is 2.86. The van der Waals surface area contributed by atoms with Gasteiger partial charge in [-0.15, -0.1) is 0 Å². The zero-order chi connectivity index (χ0) is 17.8. The van der Waals surface area contributed by atoms with Crippen molar-refractivity contribution in [2.24, 2.45) is 0 Å². The third kappa shape index (κ3) is 3.84. The zero-order valence-corrected chi connectivity index (χ0v) is 14.2. The molecule has 134 valence electrons. The lowest BCUT2D eigenvalue weighted by atomic mass is 10.2. The van der Waals surface area contributed by atoms with Gasteiger partial charge in [-0.2, -0.15) is 0 Å². The summed E-state index contributed by atoms with van der Waals surface area (Å²) in [5.41, 5.74) is 1.19. The number of cyclic esters (lactones) is 1. The van der Waals surface area contributed by atoms with Crippen molar-refractivity contribution in [1.29, 1.82) is 0 Å². The van der Waals surface area contributed by atoms with E-state index in [0.717, 1.165) is 6.42 Å². The minimum atomic E-state index is -0.409. The minimum absolute atomic E-state index is 0.0279. The first-order chi connectivity index (χ1) is 12.1. The van der Waals surface area contributed by atoms with Gasteiger partial charge in [0.15, 0.2) is 0 Å². The molecule has 0 atom stereocenters. The fourth-order valence-electron chi connectivity index (χ4n) is 3.06. The molecule has 2 aliphatic heterocycles. The molecule has 0 saturated carbocycles. The van der Waals surface area contributed by atoms with Gasteiger partial charge in [-0.3, -0.25) is 9.69 Å². The highest BCUT2D eigenvalue weighted by atomic mass is 16.6. The molecule has 1 N–H and O–H groups in total. The Kier molecular flexibility index (Phi) is 5.06. The van der Waals surface area contributed by atoms with Gasteiger partial charge < -0.3 is 19.9 Å². The molecule has 0 radical (unpaired) electrons. The van der Waals surface area contributed by atoms with Crippen LogP contribution in [0.25, 0.3) is 0 Å². The van der Waals surface area contributed by atoms with E-state index in [0.29, 0.717) is 50.7 Å². The summed E-state index contributed by atoms with van der Waals surface area (Å²) in [4.78, 5) is 40.9. The third-order valence-corrected chi connectivity index (χ3v) is 4.43. The molecule has 0 bridgehead atoms. The van der Waals surface area contributed by atoms with Gasteiger partial charge in [-0.25, -0.2) is 9.59 Å². The van der Waals surface area contributed by atoms with Crippen molar-refractivity contribution < 1.29 is 19.1 Å². The molecule has 25 heavy (non-hydrogen) atoms. The quantitative estimate of drug-likeness (QED) is 0.884. The van der Waals surface area contributed by atoms with Crippen LogP contribution in [0.1, 0.15) is 13.3 Å². The lowest BCUT2D eigenvalue weighted by Crippen LogP contribution is -2.39. The van der Waals surface area contributed by atoms with E-state index in [1.807, 2.05) is 6.07 Å². The van der Waals surface area contributed by atoms with Crippen LogP contribution in [0.15, 0.2) is 24.3 Å². The SMILES string of the molecule is CC(=O)N1CCCN(C(=O)Nc2ccccc2N2CCOC2=O)CC1. The predicted octanol–water partition coefficient (Wildman–Crippen LogP) is 1.73. The number of hydrogen-bond acceptors (Lipinski definition) is 4. The number of nitrogens with zero attached hydrogens (tertiary/aromatic N) is 3. The molecule has 8 nitrogen and oxygen atoms in total. The summed E-state index contributed by atoms with van der Waals surface area (Å²) in [6.07, 6.45) is 0.334. The second-order valence-corrected chi connectivity index (χ2v) is 6.06.